The van der Waals surface area contributed by atoms with Crippen molar-refractivity contribution in [3.05, 3.63) is 83.3 Å². The molecule has 6 rings (SSSR count). The smallest absolute Gasteiger partial charge is 0.416 e. The summed E-state index contributed by atoms with van der Waals surface area (Å²) in [6.45, 7) is 7.34. The second-order valence-corrected chi connectivity index (χ2v) is 19.0. The maximum Gasteiger partial charge on any atom is 0.416 e. The number of benzene rings is 2. The quantitative estimate of drug-likeness (QED) is 0.112. The van der Waals surface area contributed by atoms with E-state index in [9.17, 15) is 36.0 Å². The lowest BCUT2D eigenvalue weighted by Crippen LogP contribution is -2.49. The molecule has 2 aromatic rings. The Morgan fingerprint density at radius 3 is 2.40 bits per heavy atom. The number of halogens is 3. The lowest BCUT2D eigenvalue weighted by molar-refractivity contribution is -0.138. The maximum absolute atomic E-state index is 14.4. The van der Waals surface area contributed by atoms with Gasteiger partial charge in [0.25, 0.3) is 0 Å². The first-order chi connectivity index (χ1) is 27.4. The SMILES string of the molecule is CC1=C(OC2CC(C(N)=O)N(C(=O)C(CCCCCC=CC3CC3C(=O)NS(=O)(=O)C3(C)CC3)Nc3ccccc3)C2)N(C(C)C)c2cccc(C(F)(F)F)c2CC1. The van der Waals surface area contributed by atoms with Gasteiger partial charge in [0, 0.05) is 29.8 Å². The number of para-hydroxylation sites is 1. The zero-order chi connectivity index (χ0) is 42.0. The van der Waals surface area contributed by atoms with Gasteiger partial charge in [-0.05, 0) is 120 Å². The highest BCUT2D eigenvalue weighted by atomic mass is 32.2. The van der Waals surface area contributed by atoms with E-state index in [1.807, 2.05) is 63.3 Å². The normalized spacial score (nSPS) is 23.4. The number of sulfonamides is 1. The number of allylic oxidation sites excluding steroid dienone is 3. The Hall–Kier alpha value is -4.53. The number of ether oxygens (including phenoxy) is 1. The Balaban J connectivity index is 1.07. The lowest BCUT2D eigenvalue weighted by atomic mass is 9.99. The van der Waals surface area contributed by atoms with Crippen LogP contribution in [0.3, 0.4) is 0 Å². The van der Waals surface area contributed by atoms with Crippen molar-refractivity contribution in [3.8, 4) is 0 Å². The van der Waals surface area contributed by atoms with E-state index < -0.39 is 56.5 Å². The summed E-state index contributed by atoms with van der Waals surface area (Å²) in [6.07, 6.45) is 4.91. The second-order valence-electron chi connectivity index (χ2n) is 16.8. The fourth-order valence-electron chi connectivity index (χ4n) is 8.04. The predicted molar refractivity (Wildman–Crippen MR) is 217 cm³/mol. The van der Waals surface area contributed by atoms with Gasteiger partial charge in [0.2, 0.25) is 27.7 Å². The Morgan fingerprint density at radius 2 is 1.74 bits per heavy atom. The molecule has 0 radical (unpaired) electrons. The molecule has 4 aliphatic rings. The number of amides is 3. The Bertz CT molecular complexity index is 2020. The monoisotopic (exact) mass is 827 g/mol. The summed E-state index contributed by atoms with van der Waals surface area (Å²) in [5.41, 5.74) is 7.38. The van der Waals surface area contributed by atoms with Crippen LogP contribution in [0.25, 0.3) is 0 Å². The molecule has 58 heavy (non-hydrogen) atoms. The number of hydrogen-bond acceptors (Lipinski definition) is 8. The summed E-state index contributed by atoms with van der Waals surface area (Å²) in [4.78, 5) is 43.0. The summed E-state index contributed by atoms with van der Waals surface area (Å²) in [5.74, 6) is -1.25. The van der Waals surface area contributed by atoms with E-state index in [-0.39, 0.29) is 48.7 Å². The average Bonchev–Trinajstić information content (AvgIpc) is 4.08. The molecule has 1 saturated heterocycles. The van der Waals surface area contributed by atoms with Crippen molar-refractivity contribution in [2.24, 2.45) is 17.6 Å². The van der Waals surface area contributed by atoms with Crippen LogP contribution < -0.4 is 20.7 Å². The molecule has 2 saturated carbocycles. The van der Waals surface area contributed by atoms with Crippen molar-refractivity contribution in [2.75, 3.05) is 16.8 Å². The van der Waals surface area contributed by atoms with Crippen LogP contribution in [0, 0.1) is 11.8 Å². The Labute approximate surface area is 339 Å². The van der Waals surface area contributed by atoms with Gasteiger partial charge in [0.05, 0.1) is 16.9 Å². The molecule has 15 heteroatoms. The number of alkyl halides is 3. The van der Waals surface area contributed by atoms with Crippen LogP contribution in [0.4, 0.5) is 24.5 Å². The molecule has 11 nitrogen and oxygen atoms in total. The van der Waals surface area contributed by atoms with Gasteiger partial charge in [0.15, 0.2) is 5.88 Å². The Morgan fingerprint density at radius 1 is 1.02 bits per heavy atom. The third kappa shape index (κ3) is 9.83. The molecule has 3 fully saturated rings. The zero-order valence-electron chi connectivity index (χ0n) is 33.7. The molecule has 0 bridgehead atoms. The van der Waals surface area contributed by atoms with Crippen molar-refractivity contribution < 1.29 is 40.7 Å². The van der Waals surface area contributed by atoms with Crippen LogP contribution in [-0.4, -0.2) is 66.6 Å². The summed E-state index contributed by atoms with van der Waals surface area (Å²) in [5, 5.41) is 3.36. The summed E-state index contributed by atoms with van der Waals surface area (Å²) in [7, 11) is -3.64. The molecule has 0 spiro atoms. The first-order valence-corrected chi connectivity index (χ1v) is 21.9. The lowest BCUT2D eigenvalue weighted by Gasteiger charge is -2.34. The molecule has 2 aromatic carbocycles. The summed E-state index contributed by atoms with van der Waals surface area (Å²) in [6, 6.07) is 11.7. The second kappa shape index (κ2) is 17.4. The number of likely N-dealkylation sites (tertiary alicyclic amines) is 1. The number of primary amides is 1. The minimum absolute atomic E-state index is 0.0278. The molecule has 3 amide bonds. The van der Waals surface area contributed by atoms with E-state index in [1.165, 1.54) is 11.0 Å². The van der Waals surface area contributed by atoms with Gasteiger partial charge in [-0.3, -0.25) is 19.1 Å². The first-order valence-electron chi connectivity index (χ1n) is 20.4. The highest BCUT2D eigenvalue weighted by Gasteiger charge is 2.53. The number of nitrogens with one attached hydrogen (secondary N) is 2. The first kappa shape index (κ1) is 43.1. The Kier molecular flexibility index (Phi) is 12.9. The van der Waals surface area contributed by atoms with Crippen molar-refractivity contribution in [3.63, 3.8) is 0 Å². The van der Waals surface area contributed by atoms with E-state index in [2.05, 4.69) is 10.0 Å². The highest BCUT2D eigenvalue weighted by molar-refractivity contribution is 7.91. The number of fused-ring (bicyclic) bond motifs is 1. The average molecular weight is 828 g/mol. The van der Waals surface area contributed by atoms with Gasteiger partial charge >= 0.3 is 6.18 Å². The van der Waals surface area contributed by atoms with Crippen LogP contribution in [0.5, 0.6) is 0 Å². The van der Waals surface area contributed by atoms with Gasteiger partial charge in [0.1, 0.15) is 18.2 Å². The van der Waals surface area contributed by atoms with Crippen LogP contribution in [0.15, 0.2) is 72.1 Å². The van der Waals surface area contributed by atoms with Crippen molar-refractivity contribution in [1.29, 1.82) is 0 Å². The molecule has 2 aliphatic heterocycles. The summed E-state index contributed by atoms with van der Waals surface area (Å²) >= 11 is 0. The van der Waals surface area contributed by atoms with Gasteiger partial charge in [-0.25, -0.2) is 8.42 Å². The van der Waals surface area contributed by atoms with Gasteiger partial charge in [-0.15, -0.1) is 0 Å². The number of nitrogens with two attached hydrogens (primary N) is 1. The number of hydrogen-bond donors (Lipinski definition) is 3. The number of anilines is 2. The third-order valence-electron chi connectivity index (χ3n) is 11.9. The minimum atomic E-state index is -4.51. The van der Waals surface area contributed by atoms with Crippen LogP contribution in [-0.2, 0) is 41.7 Å². The van der Waals surface area contributed by atoms with E-state index in [0.29, 0.717) is 50.1 Å². The molecule has 0 aromatic heterocycles. The highest BCUT2D eigenvalue weighted by Crippen LogP contribution is 2.45. The molecule has 2 aliphatic carbocycles. The van der Waals surface area contributed by atoms with E-state index in [4.69, 9.17) is 10.5 Å². The molecular formula is C43H56F3N5O6S. The standard InChI is InChI=1S/C43H56F3N5O6S/c1-27(2)51-36-19-13-17-34(43(44,45)46)32(36)21-20-28(3)41(51)57-31-25-37(38(47)52)50(26-31)40(54)35(48-30-15-10-8-11-16-30)18-12-7-5-6-9-14-29-24-33(29)39(53)49-58(55,56)42(4)22-23-42/h8-11,13-17,19,27,29,31,33,35,37,48H,5-7,12,18,20-26H2,1-4H3,(H2,47,52)(H,49,53). The van der Waals surface area contributed by atoms with E-state index in [1.54, 1.807) is 17.9 Å². The fraction of sp³-hybridized carbons (Fsp3) is 0.558. The van der Waals surface area contributed by atoms with Crippen LogP contribution in [0.1, 0.15) is 103 Å². The zero-order valence-corrected chi connectivity index (χ0v) is 34.5. The fourth-order valence-corrected chi connectivity index (χ4v) is 9.35. The third-order valence-corrected chi connectivity index (χ3v) is 14.1. The van der Waals surface area contributed by atoms with E-state index >= 15 is 0 Å². The molecule has 316 valence electrons. The topological polar surface area (TPSA) is 151 Å². The number of unbranched alkanes of at least 4 members (excludes halogenated alkanes) is 3. The van der Waals surface area contributed by atoms with Crippen molar-refractivity contribution in [1.82, 2.24) is 9.62 Å². The van der Waals surface area contributed by atoms with Gasteiger partial charge < -0.3 is 25.6 Å². The predicted octanol–water partition coefficient (Wildman–Crippen LogP) is 7.19. The maximum atomic E-state index is 14.4. The molecular weight excluding hydrogens is 772 g/mol. The minimum Gasteiger partial charge on any atom is -0.474 e. The van der Waals surface area contributed by atoms with Crippen molar-refractivity contribution in [2.45, 2.75) is 133 Å². The van der Waals surface area contributed by atoms with Crippen LogP contribution >= 0.6 is 0 Å². The molecule has 4 N–H and O–H groups in total. The molecule has 2 heterocycles. The number of rotatable bonds is 17. The number of carbonyl (C=O) groups excluding carboxylic acids is 3. The number of carbonyl (C=O) groups is 3. The summed E-state index contributed by atoms with van der Waals surface area (Å²) < 4.78 is 75.2. The van der Waals surface area contributed by atoms with Crippen LogP contribution in [0.2, 0.25) is 0 Å². The molecule has 5 unspecified atom stereocenters. The van der Waals surface area contributed by atoms with Gasteiger partial charge in [-0.1, -0.05) is 49.3 Å². The van der Waals surface area contributed by atoms with E-state index in [0.717, 1.165) is 36.6 Å². The number of nitrogens with zero attached hydrogens (tertiary/aromatic N) is 2. The van der Waals surface area contributed by atoms with Crippen molar-refractivity contribution >= 4 is 39.1 Å². The molecule has 5 atom stereocenters. The van der Waals surface area contributed by atoms with Gasteiger partial charge in [-0.2, -0.15) is 13.2 Å². The largest absolute Gasteiger partial charge is 0.474 e.